The second kappa shape index (κ2) is 8.37. The van der Waals surface area contributed by atoms with Crippen LogP contribution >= 0.6 is 0 Å². The maximum absolute atomic E-state index is 13.1. The molecule has 8 heteroatoms. The zero-order chi connectivity index (χ0) is 22.0. The van der Waals surface area contributed by atoms with E-state index in [1.165, 1.54) is 12.1 Å². The summed E-state index contributed by atoms with van der Waals surface area (Å²) in [5.74, 6) is 0.546. The summed E-state index contributed by atoms with van der Waals surface area (Å²) in [6.45, 7) is 2.00. The molecular formula is C23H19F3N2O3. The van der Waals surface area contributed by atoms with Crippen molar-refractivity contribution in [3.05, 3.63) is 77.5 Å². The van der Waals surface area contributed by atoms with Gasteiger partial charge in [-0.1, -0.05) is 37.3 Å². The van der Waals surface area contributed by atoms with E-state index >= 15 is 0 Å². The average molecular weight is 428 g/mol. The molecule has 0 bridgehead atoms. The third-order valence-electron chi connectivity index (χ3n) is 5.08. The lowest BCUT2D eigenvalue weighted by molar-refractivity contribution is -0.137. The Morgan fingerprint density at radius 3 is 2.55 bits per heavy atom. The summed E-state index contributed by atoms with van der Waals surface area (Å²) in [4.78, 5) is 12.3. The van der Waals surface area contributed by atoms with Crippen molar-refractivity contribution < 1.29 is 27.4 Å². The number of benzene rings is 2. The van der Waals surface area contributed by atoms with Crippen LogP contribution in [0.1, 0.15) is 36.3 Å². The maximum Gasteiger partial charge on any atom is 0.514 e. The minimum absolute atomic E-state index is 0.190. The van der Waals surface area contributed by atoms with Crippen molar-refractivity contribution in [2.45, 2.75) is 32.0 Å². The summed E-state index contributed by atoms with van der Waals surface area (Å²) in [5, 5.41) is 8.33. The zero-order valence-electron chi connectivity index (χ0n) is 16.6. The smallest absolute Gasteiger partial charge is 0.426 e. The molecule has 0 aliphatic heterocycles. The predicted molar refractivity (Wildman–Crippen MR) is 106 cm³/mol. The molecule has 3 aromatic rings. The average Bonchev–Trinajstić information content (AvgIpc) is 2.73. The Hall–Kier alpha value is -3.42. The summed E-state index contributed by atoms with van der Waals surface area (Å²) < 4.78 is 50.0. The number of carbonyl (C=O) groups is 1. The lowest BCUT2D eigenvalue weighted by Crippen LogP contribution is -2.24. The number of halogens is 3. The number of hydrogen-bond donors (Lipinski definition) is 0. The van der Waals surface area contributed by atoms with E-state index in [-0.39, 0.29) is 17.2 Å². The molecule has 2 aromatic carbocycles. The number of fused-ring (bicyclic) bond motifs is 1. The van der Waals surface area contributed by atoms with Crippen LogP contribution < -0.4 is 4.74 Å². The second-order valence-electron chi connectivity index (χ2n) is 7.53. The molecule has 0 fully saturated rings. The van der Waals surface area contributed by atoms with E-state index in [1.54, 1.807) is 36.4 Å². The molecule has 2 unspecified atom stereocenters. The Labute approximate surface area is 176 Å². The van der Waals surface area contributed by atoms with Gasteiger partial charge in [-0.15, -0.1) is 0 Å². The van der Waals surface area contributed by atoms with E-state index < -0.39 is 24.0 Å². The highest BCUT2D eigenvalue weighted by molar-refractivity contribution is 5.65. The van der Waals surface area contributed by atoms with Crippen molar-refractivity contribution >= 4 is 6.16 Å². The first-order valence-corrected chi connectivity index (χ1v) is 9.77. The highest BCUT2D eigenvalue weighted by atomic mass is 19.4. The molecule has 0 saturated heterocycles. The lowest BCUT2D eigenvalue weighted by Gasteiger charge is -2.28. The third kappa shape index (κ3) is 4.84. The molecule has 0 amide bonds. The Morgan fingerprint density at radius 1 is 1.03 bits per heavy atom. The van der Waals surface area contributed by atoms with E-state index in [0.717, 1.165) is 12.1 Å². The number of nitrogens with zero attached hydrogens (tertiary/aromatic N) is 2. The number of aromatic nitrogens is 2. The van der Waals surface area contributed by atoms with Crippen LogP contribution in [0.2, 0.25) is 0 Å². The van der Waals surface area contributed by atoms with Crippen LogP contribution in [0.15, 0.2) is 60.7 Å². The molecule has 1 aromatic heterocycles. The van der Waals surface area contributed by atoms with Gasteiger partial charge in [-0.25, -0.2) is 4.79 Å². The Morgan fingerprint density at radius 2 is 1.81 bits per heavy atom. The molecule has 0 radical (unpaired) electrons. The fraction of sp³-hybridized carbons (Fsp3) is 0.261. The maximum atomic E-state index is 13.1. The number of hydrogen-bond acceptors (Lipinski definition) is 5. The first-order valence-electron chi connectivity index (χ1n) is 9.77. The first kappa shape index (κ1) is 20.8. The van der Waals surface area contributed by atoms with Gasteiger partial charge >= 0.3 is 12.3 Å². The normalized spacial score (nSPS) is 18.2. The van der Waals surface area contributed by atoms with E-state index in [4.69, 9.17) is 9.47 Å². The van der Waals surface area contributed by atoms with E-state index in [1.807, 2.05) is 6.92 Å². The molecule has 1 heterocycles. The van der Waals surface area contributed by atoms with Gasteiger partial charge in [0.05, 0.1) is 17.0 Å². The van der Waals surface area contributed by atoms with Crippen LogP contribution in [0.3, 0.4) is 0 Å². The number of ether oxygens (including phenoxy) is 2. The van der Waals surface area contributed by atoms with Gasteiger partial charge in [0, 0.05) is 11.1 Å². The van der Waals surface area contributed by atoms with Crippen molar-refractivity contribution in [2.24, 2.45) is 5.92 Å². The van der Waals surface area contributed by atoms with Crippen molar-refractivity contribution in [1.29, 1.82) is 0 Å². The number of carbonyl (C=O) groups excluding carboxylic acids is 1. The van der Waals surface area contributed by atoms with Gasteiger partial charge < -0.3 is 9.47 Å². The molecule has 0 saturated carbocycles. The Bertz CT molecular complexity index is 1090. The summed E-state index contributed by atoms with van der Waals surface area (Å²) in [7, 11) is 0. The summed E-state index contributed by atoms with van der Waals surface area (Å²) >= 11 is 0. The van der Waals surface area contributed by atoms with Gasteiger partial charge in [-0.05, 0) is 49.1 Å². The van der Waals surface area contributed by atoms with E-state index in [2.05, 4.69) is 10.2 Å². The number of alkyl halides is 3. The molecule has 2 atom stereocenters. The van der Waals surface area contributed by atoms with Gasteiger partial charge in [0.2, 0.25) is 0 Å². The minimum atomic E-state index is -4.46. The van der Waals surface area contributed by atoms with Crippen LogP contribution in [0.5, 0.6) is 5.75 Å². The van der Waals surface area contributed by atoms with Gasteiger partial charge in [-0.2, -0.15) is 23.4 Å². The molecule has 4 rings (SSSR count). The van der Waals surface area contributed by atoms with E-state index in [0.29, 0.717) is 29.8 Å². The molecule has 1 aliphatic carbocycles. The van der Waals surface area contributed by atoms with Crippen LogP contribution in [-0.4, -0.2) is 16.4 Å². The van der Waals surface area contributed by atoms with Crippen LogP contribution in [-0.2, 0) is 17.3 Å². The topological polar surface area (TPSA) is 61.3 Å². The SMILES string of the molecule is CC1Cc2nnc(-c3cccc(C(F)(F)F)c3)cc2C(OC(=O)Oc2ccccc2)C1. The summed E-state index contributed by atoms with van der Waals surface area (Å²) in [6, 6.07) is 15.1. The van der Waals surface area contributed by atoms with Gasteiger partial charge in [0.1, 0.15) is 11.9 Å². The molecule has 0 N–H and O–H groups in total. The highest BCUT2D eigenvalue weighted by Crippen LogP contribution is 2.37. The van der Waals surface area contributed by atoms with Crippen LogP contribution in [0, 0.1) is 5.92 Å². The first-order chi connectivity index (χ1) is 14.8. The largest absolute Gasteiger partial charge is 0.514 e. The predicted octanol–water partition coefficient (Wildman–Crippen LogP) is 6.00. The Kier molecular flexibility index (Phi) is 5.63. The van der Waals surface area contributed by atoms with Crippen molar-refractivity contribution in [3.63, 3.8) is 0 Å². The standard InChI is InChI=1S/C23H19F3N2O3/c1-14-10-20-18(21(11-14)31-22(29)30-17-8-3-2-4-9-17)13-19(27-28-20)15-6-5-7-16(12-15)23(24,25)26/h2-9,12-14,21H,10-11H2,1H3. The Balaban J connectivity index is 1.61. The quantitative estimate of drug-likeness (QED) is 0.378. The molecular weight excluding hydrogens is 409 g/mol. The molecule has 0 spiro atoms. The zero-order valence-corrected chi connectivity index (χ0v) is 16.6. The highest BCUT2D eigenvalue weighted by Gasteiger charge is 2.32. The lowest BCUT2D eigenvalue weighted by atomic mass is 9.85. The fourth-order valence-electron chi connectivity index (χ4n) is 3.61. The second-order valence-corrected chi connectivity index (χ2v) is 7.53. The third-order valence-corrected chi connectivity index (χ3v) is 5.08. The van der Waals surface area contributed by atoms with Crippen molar-refractivity contribution in [3.8, 4) is 17.0 Å². The van der Waals surface area contributed by atoms with Gasteiger partial charge in [-0.3, -0.25) is 0 Å². The molecule has 5 nitrogen and oxygen atoms in total. The van der Waals surface area contributed by atoms with Crippen LogP contribution in [0.25, 0.3) is 11.3 Å². The minimum Gasteiger partial charge on any atom is -0.426 e. The van der Waals surface area contributed by atoms with Gasteiger partial charge in [0.25, 0.3) is 0 Å². The van der Waals surface area contributed by atoms with E-state index in [9.17, 15) is 18.0 Å². The fourth-order valence-corrected chi connectivity index (χ4v) is 3.61. The monoisotopic (exact) mass is 428 g/mol. The summed E-state index contributed by atoms with van der Waals surface area (Å²) in [5.41, 5.74) is 1.09. The summed E-state index contributed by atoms with van der Waals surface area (Å²) in [6.07, 6.45) is -4.76. The molecule has 1 aliphatic rings. The van der Waals surface area contributed by atoms with Crippen molar-refractivity contribution in [1.82, 2.24) is 10.2 Å². The van der Waals surface area contributed by atoms with Gasteiger partial charge in [0.15, 0.2) is 0 Å². The molecule has 31 heavy (non-hydrogen) atoms. The molecule has 160 valence electrons. The number of rotatable bonds is 3. The van der Waals surface area contributed by atoms with Crippen molar-refractivity contribution in [2.75, 3.05) is 0 Å². The van der Waals surface area contributed by atoms with Crippen LogP contribution in [0.4, 0.5) is 18.0 Å². The number of para-hydroxylation sites is 1.